The van der Waals surface area contributed by atoms with Gasteiger partial charge in [0.1, 0.15) is 10.5 Å². The van der Waals surface area contributed by atoms with E-state index in [1.807, 2.05) is 0 Å². The second kappa shape index (κ2) is 2.80. The smallest absolute Gasteiger partial charge is 0.293 e. The maximum absolute atomic E-state index is 5.82. The summed E-state index contributed by atoms with van der Waals surface area (Å²) in [7, 11) is 0. The van der Waals surface area contributed by atoms with Crippen LogP contribution in [0.5, 0.6) is 0 Å². The zero-order valence-electron chi connectivity index (χ0n) is 5.64. The molecule has 5 heteroatoms. The summed E-state index contributed by atoms with van der Waals surface area (Å²) in [5, 5.41) is 0.833. The summed E-state index contributed by atoms with van der Waals surface area (Å²) in [5.41, 5.74) is 1.03. The third-order valence-corrected chi connectivity index (χ3v) is 2.37. The maximum Gasteiger partial charge on any atom is 0.293 e. The molecule has 0 fully saturated rings. The largest absolute Gasteiger partial charge is 0.426 e. The molecular weight excluding hydrogens is 220 g/mol. The van der Waals surface area contributed by atoms with Crippen molar-refractivity contribution in [3.63, 3.8) is 0 Å². The van der Waals surface area contributed by atoms with E-state index in [1.54, 1.807) is 12.1 Å². The predicted octanol–water partition coefficient (Wildman–Crippen LogP) is 3.79. The summed E-state index contributed by atoms with van der Waals surface area (Å²) < 4.78 is 5.02. The van der Waals surface area contributed by atoms with E-state index in [-0.39, 0.29) is 5.35 Å². The highest BCUT2D eigenvalue weighted by atomic mass is 35.5. The first-order chi connectivity index (χ1) is 5.68. The van der Waals surface area contributed by atoms with Crippen molar-refractivity contribution in [3.05, 3.63) is 27.5 Å². The van der Waals surface area contributed by atoms with E-state index in [0.717, 1.165) is 0 Å². The molecule has 2 nitrogen and oxygen atoms in total. The third kappa shape index (κ3) is 1.16. The fraction of sp³-hybridized carbons (Fsp3) is 0. The summed E-state index contributed by atoms with van der Waals surface area (Å²) in [4.78, 5) is 3.87. The lowest BCUT2D eigenvalue weighted by Gasteiger charge is -1.92. The highest BCUT2D eigenvalue weighted by Gasteiger charge is 2.09. The number of halogens is 3. The number of fused-ring (bicyclic) bond motifs is 1. The molecule has 12 heavy (non-hydrogen) atoms. The number of aromatic nitrogens is 1. The molecule has 0 saturated heterocycles. The molecule has 2 rings (SSSR count). The number of nitrogens with zero attached hydrogens (tertiary/aromatic N) is 1. The van der Waals surface area contributed by atoms with Crippen LogP contribution in [0.15, 0.2) is 16.5 Å². The summed E-state index contributed by atoms with van der Waals surface area (Å²) >= 11 is 17.1. The first-order valence-corrected chi connectivity index (χ1v) is 4.22. The van der Waals surface area contributed by atoms with Gasteiger partial charge in [-0.15, -0.1) is 0 Å². The lowest BCUT2D eigenvalue weighted by atomic mass is 10.3. The van der Waals surface area contributed by atoms with Gasteiger partial charge in [-0.1, -0.05) is 23.2 Å². The van der Waals surface area contributed by atoms with Crippen LogP contribution < -0.4 is 0 Å². The van der Waals surface area contributed by atoms with Crippen LogP contribution in [0.2, 0.25) is 15.4 Å². The molecule has 1 heterocycles. The topological polar surface area (TPSA) is 26.0 Å². The number of hydrogen-bond donors (Lipinski definition) is 0. The molecule has 1 aromatic carbocycles. The molecule has 0 bridgehead atoms. The van der Waals surface area contributed by atoms with Crippen molar-refractivity contribution >= 4 is 45.9 Å². The monoisotopic (exact) mass is 221 g/mol. The van der Waals surface area contributed by atoms with Gasteiger partial charge in [-0.3, -0.25) is 0 Å². The molecule has 0 saturated carbocycles. The molecule has 2 aromatic rings. The van der Waals surface area contributed by atoms with Crippen molar-refractivity contribution in [1.82, 2.24) is 4.98 Å². The molecule has 0 amide bonds. The molecule has 0 N–H and O–H groups in total. The molecule has 1 aromatic heterocycles. The zero-order chi connectivity index (χ0) is 8.72. The lowest BCUT2D eigenvalue weighted by molar-refractivity contribution is 0.604. The van der Waals surface area contributed by atoms with E-state index in [0.29, 0.717) is 21.1 Å². The minimum absolute atomic E-state index is 0.0640. The normalized spacial score (nSPS) is 10.9. The van der Waals surface area contributed by atoms with Crippen LogP contribution >= 0.6 is 34.8 Å². The molecule has 0 aliphatic heterocycles. The van der Waals surface area contributed by atoms with Gasteiger partial charge >= 0.3 is 0 Å². The molecule has 0 unspecified atom stereocenters. The number of oxazole rings is 1. The Bertz CT molecular complexity index is 437. The van der Waals surface area contributed by atoms with E-state index < -0.39 is 0 Å². The van der Waals surface area contributed by atoms with Gasteiger partial charge in [0.25, 0.3) is 5.35 Å². The molecule has 0 aliphatic rings. The van der Waals surface area contributed by atoms with Crippen LogP contribution in [0.1, 0.15) is 0 Å². The van der Waals surface area contributed by atoms with Gasteiger partial charge in [-0.05, 0) is 23.7 Å². The van der Waals surface area contributed by atoms with Gasteiger partial charge in [0.15, 0.2) is 5.58 Å². The molecule has 0 radical (unpaired) electrons. The number of benzene rings is 1. The Kier molecular flexibility index (Phi) is 1.91. The molecule has 62 valence electrons. The van der Waals surface area contributed by atoms with Crippen molar-refractivity contribution in [2.75, 3.05) is 0 Å². The fourth-order valence-corrected chi connectivity index (χ4v) is 1.42. The Balaban J connectivity index is 2.89. The second-order valence-corrected chi connectivity index (χ2v) is 3.28. The standard InChI is InChI=1S/C7H2Cl3NO/c8-3-1-2-4-6(5(3)9)12-7(10)11-4/h1-2H. The van der Waals surface area contributed by atoms with Gasteiger partial charge < -0.3 is 4.42 Å². The van der Waals surface area contributed by atoms with Gasteiger partial charge in [-0.25, -0.2) is 0 Å². The van der Waals surface area contributed by atoms with Crippen LogP contribution in [-0.4, -0.2) is 4.98 Å². The molecule has 0 aliphatic carbocycles. The highest BCUT2D eigenvalue weighted by molar-refractivity contribution is 6.44. The highest BCUT2D eigenvalue weighted by Crippen LogP contribution is 2.31. The van der Waals surface area contributed by atoms with E-state index in [2.05, 4.69) is 4.98 Å². The molecule has 0 spiro atoms. The zero-order valence-corrected chi connectivity index (χ0v) is 7.91. The van der Waals surface area contributed by atoms with Crippen molar-refractivity contribution < 1.29 is 4.42 Å². The summed E-state index contributed by atoms with van der Waals surface area (Å²) in [6.07, 6.45) is 0. The van der Waals surface area contributed by atoms with Crippen LogP contribution in [0, 0.1) is 0 Å². The van der Waals surface area contributed by atoms with Crippen LogP contribution in [-0.2, 0) is 0 Å². The molecular formula is C7H2Cl3NO. The van der Waals surface area contributed by atoms with E-state index >= 15 is 0 Å². The second-order valence-electron chi connectivity index (χ2n) is 2.18. The Morgan fingerprint density at radius 1 is 1.17 bits per heavy atom. The number of rotatable bonds is 0. The van der Waals surface area contributed by atoms with Crippen LogP contribution in [0.3, 0.4) is 0 Å². The Labute approximate surface area is 83.0 Å². The Morgan fingerprint density at radius 2 is 1.92 bits per heavy atom. The Hall–Kier alpha value is -0.440. The predicted molar refractivity (Wildman–Crippen MR) is 49.0 cm³/mol. The maximum atomic E-state index is 5.82. The van der Waals surface area contributed by atoms with Crippen molar-refractivity contribution in [3.8, 4) is 0 Å². The van der Waals surface area contributed by atoms with E-state index in [1.165, 1.54) is 0 Å². The van der Waals surface area contributed by atoms with Gasteiger partial charge in [-0.2, -0.15) is 4.98 Å². The lowest BCUT2D eigenvalue weighted by Crippen LogP contribution is -1.70. The summed E-state index contributed by atoms with van der Waals surface area (Å²) in [5.74, 6) is 0. The SMILES string of the molecule is Clc1nc2ccc(Cl)c(Cl)c2o1. The van der Waals surface area contributed by atoms with Crippen molar-refractivity contribution in [2.45, 2.75) is 0 Å². The average molecular weight is 222 g/mol. The summed E-state index contributed by atoms with van der Waals surface area (Å²) in [6, 6.07) is 3.34. The summed E-state index contributed by atoms with van der Waals surface area (Å²) in [6.45, 7) is 0. The van der Waals surface area contributed by atoms with Crippen LogP contribution in [0.25, 0.3) is 11.1 Å². The third-order valence-electron chi connectivity index (χ3n) is 1.42. The van der Waals surface area contributed by atoms with Crippen molar-refractivity contribution in [1.29, 1.82) is 0 Å². The minimum atomic E-state index is 0.0640. The van der Waals surface area contributed by atoms with E-state index in [9.17, 15) is 0 Å². The first-order valence-electron chi connectivity index (χ1n) is 3.08. The average Bonchev–Trinajstić information content (AvgIpc) is 2.39. The Morgan fingerprint density at radius 3 is 2.67 bits per heavy atom. The molecule has 0 atom stereocenters. The van der Waals surface area contributed by atoms with E-state index in [4.69, 9.17) is 39.2 Å². The van der Waals surface area contributed by atoms with Gasteiger partial charge in [0, 0.05) is 0 Å². The van der Waals surface area contributed by atoms with Gasteiger partial charge in [0.05, 0.1) is 5.02 Å². The fourth-order valence-electron chi connectivity index (χ4n) is 0.909. The number of hydrogen-bond acceptors (Lipinski definition) is 2. The quantitative estimate of drug-likeness (QED) is 0.678. The first kappa shape index (κ1) is 8.17. The van der Waals surface area contributed by atoms with Gasteiger partial charge in [0.2, 0.25) is 0 Å². The van der Waals surface area contributed by atoms with Crippen molar-refractivity contribution in [2.24, 2.45) is 0 Å². The minimum Gasteiger partial charge on any atom is -0.426 e. The van der Waals surface area contributed by atoms with Crippen LogP contribution in [0.4, 0.5) is 0 Å².